The zero-order valence-corrected chi connectivity index (χ0v) is 19.9. The smallest absolute Gasteiger partial charge is 0.328 e. The third-order valence-corrected chi connectivity index (χ3v) is 6.12. The van der Waals surface area contributed by atoms with Crippen LogP contribution in [0.15, 0.2) is 42.5 Å². The second-order valence-corrected chi connectivity index (χ2v) is 8.55. The Morgan fingerprint density at radius 1 is 1.12 bits per heavy atom. The van der Waals surface area contributed by atoms with Crippen molar-refractivity contribution in [3.63, 3.8) is 0 Å². The molecule has 2 heterocycles. The van der Waals surface area contributed by atoms with Gasteiger partial charge in [0.25, 0.3) is 5.91 Å². The van der Waals surface area contributed by atoms with Crippen LogP contribution in [0.2, 0.25) is 0 Å². The minimum absolute atomic E-state index is 0. The van der Waals surface area contributed by atoms with E-state index in [4.69, 9.17) is 0 Å². The van der Waals surface area contributed by atoms with Crippen LogP contribution in [0.3, 0.4) is 0 Å². The van der Waals surface area contributed by atoms with Crippen LogP contribution in [0.25, 0.3) is 0 Å². The second-order valence-electron chi connectivity index (χ2n) is 8.55. The van der Waals surface area contributed by atoms with Gasteiger partial charge in [-0.25, -0.2) is 4.79 Å². The molecule has 0 aromatic heterocycles. The lowest BCUT2D eigenvalue weighted by atomic mass is 9.96. The van der Waals surface area contributed by atoms with Gasteiger partial charge in [0.15, 0.2) is 0 Å². The summed E-state index contributed by atoms with van der Waals surface area (Å²) in [7, 11) is 0. The van der Waals surface area contributed by atoms with E-state index in [1.807, 2.05) is 6.08 Å². The Morgan fingerprint density at radius 3 is 2.50 bits per heavy atom. The van der Waals surface area contributed by atoms with Crippen molar-refractivity contribution in [2.24, 2.45) is 11.8 Å². The number of halogens is 1. The molecule has 9 nitrogen and oxygen atoms in total. The van der Waals surface area contributed by atoms with Crippen molar-refractivity contribution >= 4 is 36.1 Å². The van der Waals surface area contributed by atoms with Gasteiger partial charge in [0.2, 0.25) is 11.8 Å². The molecule has 3 amide bonds. The normalized spacial score (nSPS) is 19.6. The first-order valence-electron chi connectivity index (χ1n) is 11.5. The number of hydrogen-bond acceptors (Lipinski definition) is 5. The molecule has 0 radical (unpaired) electrons. The number of hydrogen-bond donors (Lipinski definition) is 4. The van der Waals surface area contributed by atoms with Gasteiger partial charge in [-0.05, 0) is 62.9 Å². The van der Waals surface area contributed by atoms with Gasteiger partial charge in [0.1, 0.15) is 6.04 Å². The monoisotopic (exact) mass is 492 g/mol. The Hall–Kier alpha value is -2.91. The van der Waals surface area contributed by atoms with Crippen molar-refractivity contribution in [2.45, 2.75) is 31.7 Å². The molecule has 2 saturated heterocycles. The molecule has 0 aliphatic carbocycles. The molecule has 4 N–H and O–H groups in total. The topological polar surface area (TPSA) is 128 Å². The van der Waals surface area contributed by atoms with Crippen molar-refractivity contribution in [3.05, 3.63) is 48.0 Å². The Morgan fingerprint density at radius 2 is 1.82 bits per heavy atom. The fourth-order valence-electron chi connectivity index (χ4n) is 4.13. The number of nitrogens with zero attached hydrogens (tertiary/aromatic N) is 1. The summed E-state index contributed by atoms with van der Waals surface area (Å²) in [6.45, 7) is 2.59. The summed E-state index contributed by atoms with van der Waals surface area (Å²) >= 11 is 0. The Balaban J connectivity index is 0.00000408. The molecule has 34 heavy (non-hydrogen) atoms. The summed E-state index contributed by atoms with van der Waals surface area (Å²) in [6.07, 6.45) is 6.95. The summed E-state index contributed by atoms with van der Waals surface area (Å²) in [6, 6.07) is 7.04. The lowest BCUT2D eigenvalue weighted by Gasteiger charge is -2.31. The van der Waals surface area contributed by atoms with E-state index in [2.05, 4.69) is 16.0 Å². The number of nitrogens with one attached hydrogen (secondary N) is 3. The standard InChI is InChI=1S/C24H32N4O5.ClH/c29-21(9-8-17-10-12-25-13-11-17)28-14-4-7-19(16-28)22(30)26-15-20(24(32)33)27-23(31)18-5-2-1-3-6-18;/h1-3,5-6,8-9,17,19-20,25H,4,7,10-16H2,(H,26,30)(H,27,31)(H,32,33);1H/b9-8+;/t19-,20+;/m1./s1. The number of likely N-dealkylation sites (tertiary alicyclic amines) is 1. The number of carboxylic acid groups (broad SMARTS) is 1. The van der Waals surface area contributed by atoms with E-state index in [0.717, 1.165) is 25.9 Å². The summed E-state index contributed by atoms with van der Waals surface area (Å²) < 4.78 is 0. The highest BCUT2D eigenvalue weighted by Gasteiger charge is 2.29. The molecular formula is C24H33ClN4O5. The van der Waals surface area contributed by atoms with Gasteiger partial charge in [-0.15, -0.1) is 12.4 Å². The molecular weight excluding hydrogens is 460 g/mol. The highest BCUT2D eigenvalue weighted by atomic mass is 35.5. The number of carboxylic acids is 1. The van der Waals surface area contributed by atoms with E-state index in [-0.39, 0.29) is 30.8 Å². The molecule has 3 rings (SSSR count). The van der Waals surface area contributed by atoms with Crippen LogP contribution in [0.5, 0.6) is 0 Å². The molecule has 2 atom stereocenters. The maximum absolute atomic E-state index is 12.7. The van der Waals surface area contributed by atoms with Crippen LogP contribution in [0.4, 0.5) is 0 Å². The molecule has 0 spiro atoms. The van der Waals surface area contributed by atoms with E-state index in [1.54, 1.807) is 41.3 Å². The maximum Gasteiger partial charge on any atom is 0.328 e. The zero-order chi connectivity index (χ0) is 23.6. The van der Waals surface area contributed by atoms with Crippen LogP contribution in [0, 0.1) is 11.8 Å². The van der Waals surface area contributed by atoms with Crippen LogP contribution in [0.1, 0.15) is 36.0 Å². The Kier molecular flexibility index (Phi) is 11.0. The zero-order valence-electron chi connectivity index (χ0n) is 19.1. The summed E-state index contributed by atoms with van der Waals surface area (Å²) in [5.41, 5.74) is 0.342. The molecule has 2 aliphatic heterocycles. The average molecular weight is 493 g/mol. The number of rotatable bonds is 8. The molecule has 0 unspecified atom stereocenters. The minimum Gasteiger partial charge on any atom is -0.480 e. The lowest BCUT2D eigenvalue weighted by Crippen LogP contribution is -2.51. The summed E-state index contributed by atoms with van der Waals surface area (Å²) in [4.78, 5) is 50.8. The average Bonchev–Trinajstić information content (AvgIpc) is 2.85. The van der Waals surface area contributed by atoms with E-state index in [1.165, 1.54) is 0 Å². The predicted octanol–water partition coefficient (Wildman–Crippen LogP) is 1.20. The molecule has 1 aromatic carbocycles. The first-order valence-corrected chi connectivity index (χ1v) is 11.5. The molecule has 10 heteroatoms. The number of carbonyl (C=O) groups is 4. The van der Waals surface area contributed by atoms with E-state index in [9.17, 15) is 24.3 Å². The third kappa shape index (κ3) is 8.14. The van der Waals surface area contributed by atoms with E-state index < -0.39 is 23.8 Å². The third-order valence-electron chi connectivity index (χ3n) is 6.12. The lowest BCUT2D eigenvalue weighted by molar-refractivity contribution is -0.139. The first-order chi connectivity index (χ1) is 15.9. The molecule has 186 valence electrons. The first kappa shape index (κ1) is 27.3. The van der Waals surface area contributed by atoms with Crippen molar-refractivity contribution in [3.8, 4) is 0 Å². The van der Waals surface area contributed by atoms with Crippen LogP contribution >= 0.6 is 12.4 Å². The molecule has 2 aliphatic rings. The van der Waals surface area contributed by atoms with Crippen molar-refractivity contribution in [1.82, 2.24) is 20.9 Å². The van der Waals surface area contributed by atoms with E-state index >= 15 is 0 Å². The van der Waals surface area contributed by atoms with Crippen LogP contribution < -0.4 is 16.0 Å². The maximum atomic E-state index is 12.7. The van der Waals surface area contributed by atoms with Gasteiger partial charge in [0.05, 0.1) is 5.92 Å². The number of carbonyl (C=O) groups excluding carboxylic acids is 3. The molecule has 0 bridgehead atoms. The largest absolute Gasteiger partial charge is 0.480 e. The second kappa shape index (κ2) is 13.7. The highest BCUT2D eigenvalue weighted by molar-refractivity contribution is 5.96. The molecule has 2 fully saturated rings. The Bertz CT molecular complexity index is 873. The van der Waals surface area contributed by atoms with Gasteiger partial charge in [-0.2, -0.15) is 0 Å². The fourth-order valence-corrected chi connectivity index (χ4v) is 4.13. The molecule has 1 aromatic rings. The molecule has 0 saturated carbocycles. The van der Waals surface area contributed by atoms with Crippen LogP contribution in [-0.2, 0) is 14.4 Å². The Labute approximate surface area is 205 Å². The van der Waals surface area contributed by atoms with Gasteiger partial charge in [-0.1, -0.05) is 24.3 Å². The quantitative estimate of drug-likeness (QED) is 0.404. The van der Waals surface area contributed by atoms with Crippen LogP contribution in [-0.4, -0.2) is 72.5 Å². The van der Waals surface area contributed by atoms with Crippen molar-refractivity contribution < 1.29 is 24.3 Å². The highest BCUT2D eigenvalue weighted by Crippen LogP contribution is 2.18. The van der Waals surface area contributed by atoms with Gasteiger partial charge in [-0.3, -0.25) is 14.4 Å². The number of amides is 3. The van der Waals surface area contributed by atoms with E-state index in [0.29, 0.717) is 37.4 Å². The number of piperidine rings is 2. The predicted molar refractivity (Wildman–Crippen MR) is 130 cm³/mol. The number of allylic oxidation sites excluding steroid dienone is 1. The number of benzene rings is 1. The van der Waals surface area contributed by atoms with Gasteiger partial charge >= 0.3 is 5.97 Å². The van der Waals surface area contributed by atoms with Crippen molar-refractivity contribution in [1.29, 1.82) is 0 Å². The summed E-state index contributed by atoms with van der Waals surface area (Å²) in [5, 5.41) is 17.8. The summed E-state index contributed by atoms with van der Waals surface area (Å²) in [5.74, 6) is -2.16. The van der Waals surface area contributed by atoms with Gasteiger partial charge in [0, 0.05) is 25.2 Å². The fraction of sp³-hybridized carbons (Fsp3) is 0.500. The van der Waals surface area contributed by atoms with Crippen molar-refractivity contribution in [2.75, 3.05) is 32.7 Å². The minimum atomic E-state index is -1.25. The SMILES string of the molecule is Cl.O=C(N[C@@H](CNC(=O)[C@@H]1CCCN(C(=O)/C=C/C2CCNCC2)C1)C(=O)O)c1ccccc1. The van der Waals surface area contributed by atoms with Gasteiger partial charge < -0.3 is 26.0 Å². The number of aliphatic carboxylic acids is 1.